The van der Waals surface area contributed by atoms with Gasteiger partial charge in [0.1, 0.15) is 23.1 Å². The average molecular weight is 453 g/mol. The number of hydrogen-bond donors (Lipinski definition) is 1. The normalized spacial score (nSPS) is 17.6. The molecule has 32 heavy (non-hydrogen) atoms. The quantitative estimate of drug-likeness (QED) is 0.337. The zero-order valence-corrected chi connectivity index (χ0v) is 18.2. The van der Waals surface area contributed by atoms with Crippen LogP contribution in [-0.2, 0) is 16.1 Å². The molecule has 1 aromatic heterocycles. The van der Waals surface area contributed by atoms with Gasteiger partial charge in [-0.25, -0.2) is 4.39 Å². The summed E-state index contributed by atoms with van der Waals surface area (Å²) in [6, 6.07) is 13.6. The molecule has 1 saturated heterocycles. The van der Waals surface area contributed by atoms with Crippen LogP contribution in [-0.4, -0.2) is 35.9 Å². The summed E-state index contributed by atoms with van der Waals surface area (Å²) in [5.41, 5.74) is 0.599. The Kier molecular flexibility index (Phi) is 5.96. The van der Waals surface area contributed by atoms with Crippen LogP contribution < -0.4 is 9.47 Å². The molecule has 1 aliphatic rings. The Morgan fingerprint density at radius 2 is 1.81 bits per heavy atom. The van der Waals surface area contributed by atoms with Crippen molar-refractivity contribution in [2.24, 2.45) is 0 Å². The van der Waals surface area contributed by atoms with Gasteiger partial charge in [-0.15, -0.1) is 11.3 Å². The van der Waals surface area contributed by atoms with Crippen LogP contribution in [0.25, 0.3) is 5.76 Å². The average Bonchev–Trinajstić information content (AvgIpc) is 3.42. The predicted octanol–water partition coefficient (Wildman–Crippen LogP) is 4.53. The summed E-state index contributed by atoms with van der Waals surface area (Å²) in [4.78, 5) is 28.3. The van der Waals surface area contributed by atoms with Gasteiger partial charge in [0.2, 0.25) is 0 Å². The standard InChI is InChI=1S/C24H20FNO5S/c1-30-17-7-4-3-6-14(17)13-26-21(19-8-5-11-32-19)20(23(28)24(26)29)22(27)16-12-15(25)9-10-18(16)31-2/h3-12,21,27H,13H2,1-2H3/b22-20-. The van der Waals surface area contributed by atoms with Gasteiger partial charge in [-0.2, -0.15) is 0 Å². The van der Waals surface area contributed by atoms with Crippen molar-refractivity contribution < 1.29 is 28.6 Å². The minimum atomic E-state index is -0.845. The van der Waals surface area contributed by atoms with Crippen LogP contribution in [0.1, 0.15) is 22.0 Å². The van der Waals surface area contributed by atoms with Gasteiger partial charge in [-0.3, -0.25) is 9.59 Å². The SMILES string of the molecule is COc1ccccc1CN1C(=O)C(=O)/C(=C(\O)c2cc(F)ccc2OC)C1c1cccs1. The lowest BCUT2D eigenvalue weighted by atomic mass is 9.99. The second-order valence-corrected chi connectivity index (χ2v) is 8.08. The number of hydrogen-bond acceptors (Lipinski definition) is 6. The first kappa shape index (κ1) is 21.6. The number of aliphatic hydroxyl groups is 1. The molecule has 2 aromatic carbocycles. The van der Waals surface area contributed by atoms with Crippen LogP contribution >= 0.6 is 11.3 Å². The molecule has 0 spiro atoms. The fourth-order valence-electron chi connectivity index (χ4n) is 3.81. The lowest BCUT2D eigenvalue weighted by molar-refractivity contribution is -0.140. The van der Waals surface area contributed by atoms with E-state index < -0.39 is 29.3 Å². The molecule has 3 aromatic rings. The molecule has 8 heteroatoms. The fourth-order valence-corrected chi connectivity index (χ4v) is 4.66. The van der Waals surface area contributed by atoms with Crippen molar-refractivity contribution in [3.8, 4) is 11.5 Å². The number of rotatable bonds is 6. The fraction of sp³-hybridized carbons (Fsp3) is 0.167. The second-order valence-electron chi connectivity index (χ2n) is 7.10. The van der Waals surface area contributed by atoms with Gasteiger partial charge in [0.15, 0.2) is 0 Å². The molecule has 0 radical (unpaired) electrons. The molecule has 1 fully saturated rings. The zero-order chi connectivity index (χ0) is 22.8. The maximum absolute atomic E-state index is 14.0. The number of benzene rings is 2. The minimum Gasteiger partial charge on any atom is -0.507 e. The van der Waals surface area contributed by atoms with Crippen LogP contribution in [0, 0.1) is 5.82 Å². The van der Waals surface area contributed by atoms with Crippen LogP contribution in [0.5, 0.6) is 11.5 Å². The zero-order valence-electron chi connectivity index (χ0n) is 17.4. The molecule has 164 valence electrons. The van der Waals surface area contributed by atoms with E-state index in [-0.39, 0.29) is 23.4 Å². The van der Waals surface area contributed by atoms with Crippen LogP contribution in [0.3, 0.4) is 0 Å². The van der Waals surface area contributed by atoms with E-state index >= 15 is 0 Å². The number of Topliss-reactive ketones (excluding diaryl/α,β-unsaturated/α-hetero) is 1. The molecule has 1 atom stereocenters. The van der Waals surface area contributed by atoms with E-state index in [9.17, 15) is 19.1 Å². The summed E-state index contributed by atoms with van der Waals surface area (Å²) in [6.45, 7) is 0.0915. The Hall–Kier alpha value is -3.65. The van der Waals surface area contributed by atoms with E-state index in [4.69, 9.17) is 9.47 Å². The van der Waals surface area contributed by atoms with Crippen molar-refractivity contribution in [3.63, 3.8) is 0 Å². The molecule has 1 N–H and O–H groups in total. The third kappa shape index (κ3) is 3.73. The first-order valence-corrected chi connectivity index (χ1v) is 10.6. The van der Waals surface area contributed by atoms with E-state index in [0.717, 1.165) is 6.07 Å². The number of carbonyl (C=O) groups excluding carboxylic acids is 2. The number of aliphatic hydroxyl groups excluding tert-OH is 1. The highest BCUT2D eigenvalue weighted by Crippen LogP contribution is 2.43. The van der Waals surface area contributed by atoms with Gasteiger partial charge in [0.05, 0.1) is 37.9 Å². The molecule has 1 aliphatic heterocycles. The number of thiophene rings is 1. The summed E-state index contributed by atoms with van der Waals surface area (Å²) in [6.07, 6.45) is 0. The van der Waals surface area contributed by atoms with Gasteiger partial charge >= 0.3 is 0 Å². The predicted molar refractivity (Wildman–Crippen MR) is 118 cm³/mol. The lowest BCUT2D eigenvalue weighted by Gasteiger charge is -2.25. The van der Waals surface area contributed by atoms with E-state index in [1.54, 1.807) is 24.3 Å². The van der Waals surface area contributed by atoms with E-state index in [1.165, 1.54) is 42.6 Å². The first-order valence-electron chi connectivity index (χ1n) is 9.74. The maximum Gasteiger partial charge on any atom is 0.295 e. The van der Waals surface area contributed by atoms with Crippen molar-refractivity contribution in [2.75, 3.05) is 14.2 Å². The highest BCUT2D eigenvalue weighted by Gasteiger charge is 2.47. The third-order valence-electron chi connectivity index (χ3n) is 5.30. The third-order valence-corrected chi connectivity index (χ3v) is 6.23. The van der Waals surface area contributed by atoms with Gasteiger partial charge in [0.25, 0.3) is 11.7 Å². The summed E-state index contributed by atoms with van der Waals surface area (Å²) in [5, 5.41) is 12.9. The molecular formula is C24H20FNO5S. The number of nitrogens with zero attached hydrogens (tertiary/aromatic N) is 1. The summed E-state index contributed by atoms with van der Waals surface area (Å²) < 4.78 is 24.6. The summed E-state index contributed by atoms with van der Waals surface area (Å²) in [5.74, 6) is -1.94. The number of ketones is 1. The largest absolute Gasteiger partial charge is 0.507 e. The number of para-hydroxylation sites is 1. The first-order chi connectivity index (χ1) is 15.5. The minimum absolute atomic E-state index is 0.00403. The van der Waals surface area contributed by atoms with Gasteiger partial charge in [0, 0.05) is 10.4 Å². The Morgan fingerprint density at radius 3 is 2.50 bits per heavy atom. The Bertz CT molecular complexity index is 1200. The van der Waals surface area contributed by atoms with Gasteiger partial charge in [-0.05, 0) is 35.7 Å². The highest BCUT2D eigenvalue weighted by atomic mass is 32.1. The molecule has 1 unspecified atom stereocenters. The number of ether oxygens (including phenoxy) is 2. The maximum atomic E-state index is 14.0. The van der Waals surface area contributed by atoms with Crippen LogP contribution in [0.4, 0.5) is 4.39 Å². The van der Waals surface area contributed by atoms with Gasteiger partial charge in [-0.1, -0.05) is 24.3 Å². The molecule has 4 rings (SSSR count). The van der Waals surface area contributed by atoms with Crippen LogP contribution in [0.15, 0.2) is 65.6 Å². The highest BCUT2D eigenvalue weighted by molar-refractivity contribution is 7.10. The van der Waals surface area contributed by atoms with Crippen molar-refractivity contribution in [1.29, 1.82) is 0 Å². The summed E-state index contributed by atoms with van der Waals surface area (Å²) >= 11 is 1.35. The molecule has 0 saturated carbocycles. The number of methoxy groups -OCH3 is 2. The monoisotopic (exact) mass is 453 g/mol. The van der Waals surface area contributed by atoms with Crippen molar-refractivity contribution in [1.82, 2.24) is 4.90 Å². The number of amides is 1. The number of halogens is 1. The van der Waals surface area contributed by atoms with E-state index in [0.29, 0.717) is 16.2 Å². The smallest absolute Gasteiger partial charge is 0.295 e. The number of carbonyl (C=O) groups is 2. The van der Waals surface area contributed by atoms with Crippen molar-refractivity contribution >= 4 is 28.8 Å². The van der Waals surface area contributed by atoms with Gasteiger partial charge < -0.3 is 19.5 Å². The molecule has 0 bridgehead atoms. The van der Waals surface area contributed by atoms with E-state index in [1.807, 2.05) is 17.5 Å². The topological polar surface area (TPSA) is 76.1 Å². The Labute approximate surface area is 188 Å². The molecule has 1 amide bonds. The number of likely N-dealkylation sites (tertiary alicyclic amines) is 1. The van der Waals surface area contributed by atoms with Crippen molar-refractivity contribution in [3.05, 3.63) is 87.4 Å². The molecular weight excluding hydrogens is 433 g/mol. The van der Waals surface area contributed by atoms with E-state index in [2.05, 4.69) is 0 Å². The molecule has 0 aliphatic carbocycles. The Balaban J connectivity index is 1.88. The lowest BCUT2D eigenvalue weighted by Crippen LogP contribution is -2.29. The molecule has 6 nitrogen and oxygen atoms in total. The van der Waals surface area contributed by atoms with Crippen molar-refractivity contribution in [2.45, 2.75) is 12.6 Å². The molecule has 2 heterocycles. The van der Waals surface area contributed by atoms with Crippen LogP contribution in [0.2, 0.25) is 0 Å². The summed E-state index contributed by atoms with van der Waals surface area (Å²) in [7, 11) is 2.90. The Morgan fingerprint density at radius 1 is 1.06 bits per heavy atom. The second kappa shape index (κ2) is 8.84.